The molecule has 2 aromatic carbocycles. The molecule has 0 unspecified atom stereocenters. The molecule has 0 bridgehead atoms. The summed E-state index contributed by atoms with van der Waals surface area (Å²) in [5.41, 5.74) is 9.13. The van der Waals surface area contributed by atoms with Gasteiger partial charge in [0.25, 0.3) is 0 Å². The summed E-state index contributed by atoms with van der Waals surface area (Å²) in [6.45, 7) is 4.29. The van der Waals surface area contributed by atoms with Crippen molar-refractivity contribution < 1.29 is 9.94 Å². The normalized spacial score (nSPS) is 11.5. The number of rotatable bonds is 4. The van der Waals surface area contributed by atoms with Gasteiger partial charge in [-0.25, -0.2) is 0 Å². The Morgan fingerprint density at radius 3 is 2.52 bits per heavy atom. The lowest BCUT2D eigenvalue weighted by Gasteiger charge is -2.10. The number of amidine groups is 1. The first-order valence-corrected chi connectivity index (χ1v) is 6.85. The van der Waals surface area contributed by atoms with Crippen molar-refractivity contribution >= 4 is 17.4 Å². The van der Waals surface area contributed by atoms with E-state index >= 15 is 0 Å². The van der Waals surface area contributed by atoms with Gasteiger partial charge in [-0.15, -0.1) is 0 Å². The van der Waals surface area contributed by atoms with E-state index in [2.05, 4.69) is 5.16 Å². The summed E-state index contributed by atoms with van der Waals surface area (Å²) >= 11 is 6.13. The fraction of sp³-hybridized carbons (Fsp3) is 0.188. The van der Waals surface area contributed by atoms with E-state index in [0.29, 0.717) is 12.2 Å². The number of nitrogens with zero attached hydrogens (tertiary/aromatic N) is 1. The van der Waals surface area contributed by atoms with Crippen LogP contribution in [0.3, 0.4) is 0 Å². The Morgan fingerprint density at radius 1 is 1.24 bits per heavy atom. The Balaban J connectivity index is 2.13. The third kappa shape index (κ3) is 3.67. The summed E-state index contributed by atoms with van der Waals surface area (Å²) in [7, 11) is 0. The van der Waals surface area contributed by atoms with Gasteiger partial charge in [-0.3, -0.25) is 0 Å². The molecule has 5 heteroatoms. The first-order chi connectivity index (χ1) is 10.0. The van der Waals surface area contributed by atoms with E-state index in [0.717, 1.165) is 27.5 Å². The van der Waals surface area contributed by atoms with Crippen molar-refractivity contribution in [2.75, 3.05) is 0 Å². The Bertz CT molecular complexity index is 661. The van der Waals surface area contributed by atoms with Gasteiger partial charge in [0.05, 0.1) is 0 Å². The lowest BCUT2D eigenvalue weighted by atomic mass is 10.1. The molecular weight excluding hydrogens is 288 g/mol. The van der Waals surface area contributed by atoms with Gasteiger partial charge in [-0.05, 0) is 48.7 Å². The Kier molecular flexibility index (Phi) is 4.70. The minimum absolute atomic E-state index is 0.0787. The van der Waals surface area contributed by atoms with Crippen LogP contribution in [0.2, 0.25) is 5.02 Å². The Hall–Kier alpha value is -2.20. The molecule has 0 heterocycles. The molecule has 0 aliphatic heterocycles. The fourth-order valence-electron chi connectivity index (χ4n) is 2.03. The monoisotopic (exact) mass is 304 g/mol. The van der Waals surface area contributed by atoms with Crippen molar-refractivity contribution in [3.05, 3.63) is 63.7 Å². The highest BCUT2D eigenvalue weighted by atomic mass is 35.5. The van der Waals surface area contributed by atoms with Crippen LogP contribution < -0.4 is 10.5 Å². The molecule has 0 fully saturated rings. The summed E-state index contributed by atoms with van der Waals surface area (Å²) in [5, 5.41) is 12.4. The van der Waals surface area contributed by atoms with E-state index < -0.39 is 0 Å². The van der Waals surface area contributed by atoms with Gasteiger partial charge in [0.15, 0.2) is 5.84 Å². The number of halogens is 1. The van der Waals surface area contributed by atoms with Crippen molar-refractivity contribution in [2.24, 2.45) is 10.9 Å². The predicted octanol–water partition coefficient (Wildman–Crippen LogP) is 3.63. The standard InChI is InChI=1S/C16H17ClN2O2/c1-10-6-14(7-11(2)15(10)17)21-9-12-4-3-5-13(8-12)16(18)19-20/h3-8,20H,9H2,1-2H3,(H2,18,19). The highest BCUT2D eigenvalue weighted by Crippen LogP contribution is 2.26. The van der Waals surface area contributed by atoms with Gasteiger partial charge in [0.1, 0.15) is 12.4 Å². The molecule has 0 aliphatic rings. The Labute approximate surface area is 128 Å². The second kappa shape index (κ2) is 6.50. The summed E-state index contributed by atoms with van der Waals surface area (Å²) in [6, 6.07) is 11.2. The largest absolute Gasteiger partial charge is 0.489 e. The molecule has 2 rings (SSSR count). The molecule has 0 spiro atoms. The third-order valence-corrected chi connectivity index (χ3v) is 3.74. The molecule has 0 saturated heterocycles. The van der Waals surface area contributed by atoms with E-state index in [9.17, 15) is 0 Å². The molecule has 4 nitrogen and oxygen atoms in total. The third-order valence-electron chi connectivity index (χ3n) is 3.15. The molecule has 0 aliphatic carbocycles. The maximum atomic E-state index is 8.69. The van der Waals surface area contributed by atoms with Crippen LogP contribution in [0.1, 0.15) is 22.3 Å². The van der Waals surface area contributed by atoms with E-state index in [1.807, 2.05) is 44.2 Å². The molecule has 0 amide bonds. The second-order valence-electron chi connectivity index (χ2n) is 4.85. The van der Waals surface area contributed by atoms with Crippen LogP contribution in [-0.2, 0) is 6.61 Å². The van der Waals surface area contributed by atoms with Crippen LogP contribution in [0.5, 0.6) is 5.75 Å². The van der Waals surface area contributed by atoms with Crippen molar-refractivity contribution in [3.8, 4) is 5.75 Å². The Morgan fingerprint density at radius 2 is 1.90 bits per heavy atom. The van der Waals surface area contributed by atoms with E-state index in [4.69, 9.17) is 27.3 Å². The van der Waals surface area contributed by atoms with Gasteiger partial charge in [0, 0.05) is 10.6 Å². The maximum absolute atomic E-state index is 8.69. The minimum atomic E-state index is 0.0787. The molecule has 0 radical (unpaired) electrons. The van der Waals surface area contributed by atoms with Crippen LogP contribution in [0, 0.1) is 13.8 Å². The lowest BCUT2D eigenvalue weighted by molar-refractivity contribution is 0.305. The fourth-order valence-corrected chi connectivity index (χ4v) is 2.14. The second-order valence-corrected chi connectivity index (χ2v) is 5.22. The average Bonchev–Trinajstić information content (AvgIpc) is 2.50. The number of hydrogen-bond acceptors (Lipinski definition) is 3. The summed E-state index contributed by atoms with van der Waals surface area (Å²) < 4.78 is 5.78. The summed E-state index contributed by atoms with van der Waals surface area (Å²) in [4.78, 5) is 0. The summed E-state index contributed by atoms with van der Waals surface area (Å²) in [6.07, 6.45) is 0. The SMILES string of the molecule is Cc1cc(OCc2cccc(/C(N)=N/O)c2)cc(C)c1Cl. The zero-order chi connectivity index (χ0) is 15.4. The topological polar surface area (TPSA) is 67.8 Å². The molecule has 0 saturated carbocycles. The number of benzene rings is 2. The maximum Gasteiger partial charge on any atom is 0.170 e. The highest BCUT2D eigenvalue weighted by Gasteiger charge is 2.05. The highest BCUT2D eigenvalue weighted by molar-refractivity contribution is 6.32. The zero-order valence-electron chi connectivity index (χ0n) is 11.9. The lowest BCUT2D eigenvalue weighted by Crippen LogP contribution is -2.13. The van der Waals surface area contributed by atoms with Crippen LogP contribution in [0.4, 0.5) is 0 Å². The molecule has 2 aromatic rings. The predicted molar refractivity (Wildman–Crippen MR) is 84.2 cm³/mol. The molecule has 110 valence electrons. The number of oxime groups is 1. The first kappa shape index (κ1) is 15.2. The van der Waals surface area contributed by atoms with E-state index in [1.54, 1.807) is 6.07 Å². The van der Waals surface area contributed by atoms with Gasteiger partial charge in [-0.1, -0.05) is 35.0 Å². The minimum Gasteiger partial charge on any atom is -0.489 e. The van der Waals surface area contributed by atoms with Gasteiger partial charge < -0.3 is 15.7 Å². The molecule has 0 aromatic heterocycles. The molecular formula is C16H17ClN2O2. The van der Waals surface area contributed by atoms with E-state index in [1.165, 1.54) is 0 Å². The van der Waals surface area contributed by atoms with Gasteiger partial charge >= 0.3 is 0 Å². The van der Waals surface area contributed by atoms with Crippen LogP contribution in [0.15, 0.2) is 41.6 Å². The smallest absolute Gasteiger partial charge is 0.170 e. The van der Waals surface area contributed by atoms with Gasteiger partial charge in [-0.2, -0.15) is 0 Å². The number of ether oxygens (including phenoxy) is 1. The zero-order valence-corrected chi connectivity index (χ0v) is 12.7. The van der Waals surface area contributed by atoms with Crippen LogP contribution >= 0.6 is 11.6 Å². The molecule has 21 heavy (non-hydrogen) atoms. The van der Waals surface area contributed by atoms with Crippen molar-refractivity contribution in [3.63, 3.8) is 0 Å². The van der Waals surface area contributed by atoms with Crippen molar-refractivity contribution in [1.82, 2.24) is 0 Å². The quantitative estimate of drug-likeness (QED) is 0.392. The van der Waals surface area contributed by atoms with Crippen LogP contribution in [0.25, 0.3) is 0 Å². The number of nitrogens with two attached hydrogens (primary N) is 1. The van der Waals surface area contributed by atoms with Crippen LogP contribution in [-0.4, -0.2) is 11.0 Å². The van der Waals surface area contributed by atoms with Crippen molar-refractivity contribution in [1.29, 1.82) is 0 Å². The number of aryl methyl sites for hydroxylation is 2. The molecule has 0 atom stereocenters. The summed E-state index contributed by atoms with van der Waals surface area (Å²) in [5.74, 6) is 0.846. The van der Waals surface area contributed by atoms with Crippen molar-refractivity contribution in [2.45, 2.75) is 20.5 Å². The number of hydrogen-bond donors (Lipinski definition) is 2. The average molecular weight is 305 g/mol. The first-order valence-electron chi connectivity index (χ1n) is 6.47. The van der Waals surface area contributed by atoms with E-state index in [-0.39, 0.29) is 5.84 Å². The van der Waals surface area contributed by atoms with Gasteiger partial charge in [0.2, 0.25) is 0 Å². The molecule has 3 N–H and O–H groups in total.